The van der Waals surface area contributed by atoms with Gasteiger partial charge in [-0.25, -0.2) is 4.79 Å². The first kappa shape index (κ1) is 6.21. The van der Waals surface area contributed by atoms with Gasteiger partial charge in [-0.1, -0.05) is 5.10 Å². The lowest BCUT2D eigenvalue weighted by atomic mass is 10.7. The molecule has 48 valence electrons. The van der Waals surface area contributed by atoms with E-state index in [4.69, 9.17) is 5.11 Å². The van der Waals surface area contributed by atoms with Crippen LogP contribution < -0.4 is 0 Å². The lowest BCUT2D eigenvalue weighted by molar-refractivity contribution is 0.0652. The van der Waals surface area contributed by atoms with Gasteiger partial charge in [0, 0.05) is 15.9 Å². The predicted octanol–water partition coefficient (Wildman–Crippen LogP) is 0.530. The molecular weight excluding hydrogens is 192 g/mol. The summed E-state index contributed by atoms with van der Waals surface area (Å²) in [5.41, 5.74) is 0. The Bertz CT molecular complexity index is 233. The van der Waals surface area contributed by atoms with Crippen LogP contribution >= 0.6 is 15.9 Å². The third kappa shape index (κ3) is 1.26. The highest BCUT2D eigenvalue weighted by Gasteiger charge is 2.09. The van der Waals surface area contributed by atoms with Crippen LogP contribution in [0, 0.1) is 0 Å². The number of aromatic carboxylic acids is 1. The lowest BCUT2D eigenvalue weighted by Gasteiger charge is -1.76. The Kier molecular flexibility index (Phi) is 1.48. The second-order valence-electron chi connectivity index (χ2n) is 1.17. The Morgan fingerprint density at radius 3 is 2.56 bits per heavy atom. The highest BCUT2D eigenvalue weighted by atomic mass is 79.9. The molecule has 0 aliphatic carbocycles. The maximum absolute atomic E-state index is 10.00. The Hall–Kier alpha value is -0.910. The van der Waals surface area contributed by atoms with Crippen LogP contribution in [0.1, 0.15) is 10.7 Å². The van der Waals surface area contributed by atoms with Crippen molar-refractivity contribution in [1.82, 2.24) is 10.2 Å². The van der Waals surface area contributed by atoms with Crippen LogP contribution in [-0.2, 0) is 0 Å². The average molecular weight is 193 g/mol. The normalized spacial score (nSPS) is 9.44. The Morgan fingerprint density at radius 1 is 1.67 bits per heavy atom. The summed E-state index contributed by atoms with van der Waals surface area (Å²) in [6.07, 6.45) is 0. The van der Waals surface area contributed by atoms with Crippen LogP contribution in [0.3, 0.4) is 0 Å². The van der Waals surface area contributed by atoms with Gasteiger partial charge in [0.1, 0.15) is 0 Å². The van der Waals surface area contributed by atoms with Crippen molar-refractivity contribution in [3.05, 3.63) is 10.7 Å². The minimum atomic E-state index is -1.23. The van der Waals surface area contributed by atoms with Crippen LogP contribution in [0.4, 0.5) is 0 Å². The molecule has 1 heterocycles. The lowest BCUT2D eigenvalue weighted by Crippen LogP contribution is -1.95. The summed E-state index contributed by atoms with van der Waals surface area (Å²) in [7, 11) is 0. The zero-order valence-electron chi connectivity index (χ0n) is 4.04. The molecule has 0 spiro atoms. The van der Waals surface area contributed by atoms with Crippen molar-refractivity contribution in [2.45, 2.75) is 0 Å². The van der Waals surface area contributed by atoms with Crippen LogP contribution in [0.25, 0.3) is 0 Å². The Labute approximate surface area is 57.8 Å². The van der Waals surface area contributed by atoms with Gasteiger partial charge in [-0.3, -0.25) is 0 Å². The summed E-state index contributed by atoms with van der Waals surface area (Å²) in [6, 6.07) is 0. The van der Waals surface area contributed by atoms with E-state index in [0.29, 0.717) is 0 Å². The van der Waals surface area contributed by atoms with Gasteiger partial charge in [-0.2, -0.15) is 0 Å². The molecule has 9 heavy (non-hydrogen) atoms. The van der Waals surface area contributed by atoms with Crippen molar-refractivity contribution in [3.8, 4) is 0 Å². The number of aromatic nitrogens is 2. The summed E-state index contributed by atoms with van der Waals surface area (Å²) in [4.78, 5) is 10.1. The van der Waals surface area contributed by atoms with Gasteiger partial charge in [0.05, 0.1) is 0 Å². The molecule has 0 saturated carbocycles. The molecule has 1 rings (SSSR count). The van der Waals surface area contributed by atoms with Crippen LogP contribution in [0.5, 0.6) is 0 Å². The van der Waals surface area contributed by atoms with Crippen molar-refractivity contribution in [3.63, 3.8) is 0 Å². The van der Waals surface area contributed by atoms with Crippen molar-refractivity contribution in [2.24, 2.45) is 0 Å². The number of hydrogen-bond acceptors (Lipinski definition) is 4. The van der Waals surface area contributed by atoms with E-state index in [9.17, 15) is 4.79 Å². The molecule has 0 atom stereocenters. The molecule has 0 amide bonds. The highest BCUT2D eigenvalue weighted by Crippen LogP contribution is 2.05. The molecule has 0 saturated heterocycles. The fourth-order valence-corrected chi connectivity index (χ4v) is 0.524. The van der Waals surface area contributed by atoms with Crippen LogP contribution in [-0.4, -0.2) is 21.3 Å². The van der Waals surface area contributed by atoms with E-state index >= 15 is 0 Å². The van der Waals surface area contributed by atoms with Crippen molar-refractivity contribution in [2.75, 3.05) is 0 Å². The maximum Gasteiger partial charge on any atom is 0.393 e. The third-order valence-corrected chi connectivity index (χ3v) is 0.904. The van der Waals surface area contributed by atoms with Gasteiger partial charge in [-0.15, -0.1) is 5.10 Å². The zero-order valence-corrected chi connectivity index (χ0v) is 5.62. The number of carboxylic acids is 1. The van der Waals surface area contributed by atoms with Crippen LogP contribution in [0.15, 0.2) is 9.22 Å². The summed E-state index contributed by atoms with van der Waals surface area (Å²) in [5, 5.41) is 14.6. The Morgan fingerprint density at radius 2 is 2.33 bits per heavy atom. The van der Waals surface area contributed by atoms with Crippen molar-refractivity contribution < 1.29 is 14.3 Å². The minimum absolute atomic E-state index is 0.0694. The predicted molar refractivity (Wildman–Crippen MR) is 29.0 cm³/mol. The number of hydrogen-bond donors (Lipinski definition) is 1. The molecular formula is C3HBrN2O3. The molecule has 0 bridgehead atoms. The van der Waals surface area contributed by atoms with Gasteiger partial charge in [-0.05, 0) is 0 Å². The molecule has 1 aromatic heterocycles. The summed E-state index contributed by atoms with van der Waals surface area (Å²) >= 11 is 2.80. The molecule has 5 nitrogen and oxygen atoms in total. The quantitative estimate of drug-likeness (QED) is 0.703. The largest absolute Gasteiger partial charge is 0.474 e. The molecule has 0 aliphatic rings. The standard InChI is InChI=1S/C3HBrN2O3/c4-3-6-5-1(9-3)2(7)8/h(H,7,8). The maximum atomic E-state index is 10.00. The van der Waals surface area contributed by atoms with E-state index in [2.05, 4.69) is 30.5 Å². The third-order valence-electron chi connectivity index (χ3n) is 0.583. The molecule has 6 heteroatoms. The van der Waals surface area contributed by atoms with E-state index in [0.717, 1.165) is 0 Å². The highest BCUT2D eigenvalue weighted by molar-refractivity contribution is 9.10. The van der Waals surface area contributed by atoms with E-state index in [1.165, 1.54) is 0 Å². The smallest absolute Gasteiger partial charge is 0.393 e. The van der Waals surface area contributed by atoms with Gasteiger partial charge in [0.2, 0.25) is 0 Å². The second-order valence-corrected chi connectivity index (χ2v) is 1.84. The summed E-state index contributed by atoms with van der Waals surface area (Å²) in [5.74, 6) is -1.64. The van der Waals surface area contributed by atoms with Crippen molar-refractivity contribution >= 4 is 21.9 Å². The number of carbonyl (C=O) groups is 1. The molecule has 0 aliphatic heterocycles. The van der Waals surface area contributed by atoms with E-state index < -0.39 is 11.9 Å². The van der Waals surface area contributed by atoms with E-state index in [-0.39, 0.29) is 4.80 Å². The van der Waals surface area contributed by atoms with Gasteiger partial charge in [0.25, 0.3) is 4.80 Å². The Balaban J connectivity index is 2.98. The first-order valence-electron chi connectivity index (χ1n) is 1.92. The summed E-state index contributed by atoms with van der Waals surface area (Å²) < 4.78 is 4.44. The van der Waals surface area contributed by atoms with Crippen molar-refractivity contribution in [1.29, 1.82) is 0 Å². The van der Waals surface area contributed by atoms with E-state index in [1.54, 1.807) is 0 Å². The van der Waals surface area contributed by atoms with Gasteiger partial charge >= 0.3 is 11.9 Å². The first-order chi connectivity index (χ1) is 4.20. The number of nitrogens with zero attached hydrogens (tertiary/aromatic N) is 2. The monoisotopic (exact) mass is 192 g/mol. The average Bonchev–Trinajstić information content (AvgIpc) is 2.14. The fourth-order valence-electron chi connectivity index (χ4n) is 0.292. The molecule has 0 radical (unpaired) electrons. The van der Waals surface area contributed by atoms with E-state index in [1.807, 2.05) is 0 Å². The SMILES string of the molecule is O=C(O)c1nnc(Br)o1. The zero-order chi connectivity index (χ0) is 6.85. The fraction of sp³-hybridized carbons (Fsp3) is 0. The molecule has 0 fully saturated rings. The molecule has 1 aromatic rings. The van der Waals surface area contributed by atoms with Gasteiger partial charge < -0.3 is 9.52 Å². The molecule has 1 N–H and O–H groups in total. The first-order valence-corrected chi connectivity index (χ1v) is 2.72. The number of halogens is 1. The van der Waals surface area contributed by atoms with Gasteiger partial charge in [0.15, 0.2) is 0 Å². The molecule has 0 unspecified atom stereocenters. The van der Waals surface area contributed by atoms with Crippen LogP contribution in [0.2, 0.25) is 0 Å². The number of rotatable bonds is 1. The minimum Gasteiger partial charge on any atom is -0.474 e. The summed E-state index contributed by atoms with van der Waals surface area (Å²) in [6.45, 7) is 0. The topological polar surface area (TPSA) is 76.2 Å². The number of carboxylic acid groups (broad SMARTS) is 1. The second kappa shape index (κ2) is 2.14. The molecule has 0 aromatic carbocycles.